The van der Waals surface area contributed by atoms with Gasteiger partial charge in [0.15, 0.2) is 0 Å². The summed E-state index contributed by atoms with van der Waals surface area (Å²) in [5, 5.41) is 4.39. The number of aryl methyl sites for hydroxylation is 2. The minimum Gasteiger partial charge on any atom is -0.382 e. The van der Waals surface area contributed by atoms with Gasteiger partial charge in [-0.05, 0) is 22.4 Å². The average Bonchev–Trinajstić information content (AvgIpc) is 2.55. The Morgan fingerprint density at radius 2 is 2.19 bits per heavy atom. The third-order valence-electron chi connectivity index (χ3n) is 2.23. The number of hydrogen-bond donors (Lipinski definition) is 1. The number of hydroxylamine groups is 1. The van der Waals surface area contributed by atoms with Crippen LogP contribution in [-0.2, 0) is 29.6 Å². The van der Waals surface area contributed by atoms with E-state index in [0.717, 1.165) is 22.3 Å². The van der Waals surface area contributed by atoms with Gasteiger partial charge in [-0.2, -0.15) is 10.6 Å². The van der Waals surface area contributed by atoms with Crippen molar-refractivity contribution >= 4 is 15.9 Å². The maximum Gasteiger partial charge on any atom is 0.0916 e. The number of nitrogens with zero attached hydrogens (tertiary/aromatic N) is 2. The average molecular weight is 292 g/mol. The van der Waals surface area contributed by atoms with Crippen LogP contribution in [0.2, 0.25) is 0 Å². The lowest BCUT2D eigenvalue weighted by atomic mass is 10.3. The van der Waals surface area contributed by atoms with Crippen molar-refractivity contribution in [2.75, 3.05) is 20.3 Å². The van der Waals surface area contributed by atoms with Crippen LogP contribution in [0, 0.1) is 0 Å². The first-order chi connectivity index (χ1) is 7.70. The molecule has 0 saturated carbocycles. The molecular formula is C10H18BrN3O2. The minimum absolute atomic E-state index is 0.534. The van der Waals surface area contributed by atoms with E-state index in [1.54, 1.807) is 7.11 Å². The van der Waals surface area contributed by atoms with Crippen molar-refractivity contribution in [3.8, 4) is 0 Å². The van der Waals surface area contributed by atoms with Crippen molar-refractivity contribution in [1.29, 1.82) is 0 Å². The lowest BCUT2D eigenvalue weighted by Crippen LogP contribution is -2.19. The van der Waals surface area contributed by atoms with Gasteiger partial charge in [0.25, 0.3) is 0 Å². The van der Waals surface area contributed by atoms with Gasteiger partial charge in [-0.15, -0.1) is 0 Å². The zero-order valence-electron chi connectivity index (χ0n) is 9.92. The van der Waals surface area contributed by atoms with Crippen LogP contribution in [0.5, 0.6) is 0 Å². The highest BCUT2D eigenvalue weighted by Gasteiger charge is 2.11. The maximum absolute atomic E-state index is 5.19. The number of hydrogen-bond acceptors (Lipinski definition) is 4. The number of ether oxygens (including phenoxy) is 1. The molecule has 0 fully saturated rings. The molecule has 0 unspecified atom stereocenters. The molecule has 1 aromatic rings. The fraction of sp³-hybridized carbons (Fsp3) is 0.700. The molecule has 92 valence electrons. The predicted molar refractivity (Wildman–Crippen MR) is 65.0 cm³/mol. The Kier molecular flexibility index (Phi) is 5.97. The molecule has 1 heterocycles. The quantitative estimate of drug-likeness (QED) is 0.610. The SMILES string of the molecule is CCc1nn(C)c(CNOCCOC)c1Br. The number of aromatic nitrogens is 2. The Labute approximate surface area is 104 Å². The third-order valence-corrected chi connectivity index (χ3v) is 3.15. The van der Waals surface area contributed by atoms with Gasteiger partial charge in [-0.3, -0.25) is 9.52 Å². The van der Waals surface area contributed by atoms with Crippen molar-refractivity contribution in [2.45, 2.75) is 19.9 Å². The maximum atomic E-state index is 5.19. The van der Waals surface area contributed by atoms with Crippen molar-refractivity contribution in [1.82, 2.24) is 15.3 Å². The standard InChI is InChI=1S/C10H18BrN3O2/c1-4-8-10(11)9(14(2)13-8)7-12-16-6-5-15-3/h12H,4-7H2,1-3H3. The van der Waals surface area contributed by atoms with E-state index in [0.29, 0.717) is 19.8 Å². The van der Waals surface area contributed by atoms with E-state index in [2.05, 4.69) is 33.4 Å². The topological polar surface area (TPSA) is 48.3 Å². The monoisotopic (exact) mass is 291 g/mol. The summed E-state index contributed by atoms with van der Waals surface area (Å²) in [6.07, 6.45) is 0.916. The summed E-state index contributed by atoms with van der Waals surface area (Å²) in [7, 11) is 3.57. The normalized spacial score (nSPS) is 11.0. The lowest BCUT2D eigenvalue weighted by molar-refractivity contribution is 0.00249. The molecule has 1 aromatic heterocycles. The number of rotatable bonds is 7. The van der Waals surface area contributed by atoms with E-state index in [9.17, 15) is 0 Å². The van der Waals surface area contributed by atoms with E-state index in [-0.39, 0.29) is 0 Å². The van der Waals surface area contributed by atoms with Crippen LogP contribution in [0.25, 0.3) is 0 Å². The van der Waals surface area contributed by atoms with Gasteiger partial charge in [0.05, 0.1) is 35.6 Å². The van der Waals surface area contributed by atoms with Crippen LogP contribution in [0.4, 0.5) is 0 Å². The second-order valence-corrected chi connectivity index (χ2v) is 4.14. The lowest BCUT2D eigenvalue weighted by Gasteiger charge is -2.06. The van der Waals surface area contributed by atoms with Crippen molar-refractivity contribution in [3.05, 3.63) is 15.9 Å². The first kappa shape index (κ1) is 13.6. The van der Waals surface area contributed by atoms with E-state index < -0.39 is 0 Å². The summed E-state index contributed by atoms with van der Waals surface area (Å²) in [4.78, 5) is 5.19. The van der Waals surface area contributed by atoms with Crippen LogP contribution >= 0.6 is 15.9 Å². The molecule has 0 aromatic carbocycles. The second-order valence-electron chi connectivity index (χ2n) is 3.35. The molecule has 0 spiro atoms. The molecule has 0 amide bonds. The molecule has 0 aliphatic heterocycles. The Morgan fingerprint density at radius 1 is 1.44 bits per heavy atom. The highest BCUT2D eigenvalue weighted by Crippen LogP contribution is 2.21. The zero-order valence-corrected chi connectivity index (χ0v) is 11.5. The van der Waals surface area contributed by atoms with Gasteiger partial charge in [-0.25, -0.2) is 0 Å². The van der Waals surface area contributed by atoms with E-state index in [1.165, 1.54) is 0 Å². The zero-order chi connectivity index (χ0) is 12.0. The van der Waals surface area contributed by atoms with Gasteiger partial charge in [0.2, 0.25) is 0 Å². The number of halogens is 1. The van der Waals surface area contributed by atoms with Crippen molar-refractivity contribution in [3.63, 3.8) is 0 Å². The summed E-state index contributed by atoms with van der Waals surface area (Å²) in [6.45, 7) is 3.82. The molecule has 1 rings (SSSR count). The smallest absolute Gasteiger partial charge is 0.0916 e. The molecule has 1 N–H and O–H groups in total. The van der Waals surface area contributed by atoms with Crippen LogP contribution in [0.15, 0.2) is 4.47 Å². The fourth-order valence-electron chi connectivity index (χ4n) is 1.33. The van der Waals surface area contributed by atoms with Gasteiger partial charge in [0.1, 0.15) is 0 Å². The molecule has 6 heteroatoms. The summed E-state index contributed by atoms with van der Waals surface area (Å²) < 4.78 is 7.78. The molecule has 0 aliphatic rings. The number of nitrogens with one attached hydrogen (secondary N) is 1. The molecule has 0 saturated heterocycles. The van der Waals surface area contributed by atoms with Crippen LogP contribution < -0.4 is 5.48 Å². The van der Waals surface area contributed by atoms with Crippen molar-refractivity contribution in [2.24, 2.45) is 7.05 Å². The Hall–Kier alpha value is -0.430. The molecule has 16 heavy (non-hydrogen) atoms. The van der Waals surface area contributed by atoms with Gasteiger partial charge in [-0.1, -0.05) is 6.92 Å². The number of methoxy groups -OCH3 is 1. The first-order valence-corrected chi connectivity index (χ1v) is 6.03. The van der Waals surface area contributed by atoms with Crippen molar-refractivity contribution < 1.29 is 9.57 Å². The van der Waals surface area contributed by atoms with Gasteiger partial charge < -0.3 is 4.74 Å². The molecule has 0 radical (unpaired) electrons. The Bertz CT molecular complexity index is 328. The summed E-state index contributed by atoms with van der Waals surface area (Å²) in [6, 6.07) is 0. The highest BCUT2D eigenvalue weighted by atomic mass is 79.9. The third kappa shape index (κ3) is 3.55. The Balaban J connectivity index is 2.44. The second kappa shape index (κ2) is 7.01. The summed E-state index contributed by atoms with van der Waals surface area (Å²) in [5.41, 5.74) is 5.03. The fourth-order valence-corrected chi connectivity index (χ4v) is 2.08. The summed E-state index contributed by atoms with van der Waals surface area (Å²) >= 11 is 3.54. The van der Waals surface area contributed by atoms with Gasteiger partial charge >= 0.3 is 0 Å². The predicted octanol–water partition coefficient (Wildman–Crippen LogP) is 1.41. The van der Waals surface area contributed by atoms with E-state index in [4.69, 9.17) is 9.57 Å². The highest BCUT2D eigenvalue weighted by molar-refractivity contribution is 9.10. The van der Waals surface area contributed by atoms with Gasteiger partial charge in [0, 0.05) is 14.2 Å². The molecule has 0 atom stereocenters. The minimum atomic E-state index is 0.534. The van der Waals surface area contributed by atoms with E-state index >= 15 is 0 Å². The largest absolute Gasteiger partial charge is 0.382 e. The molecular weight excluding hydrogens is 274 g/mol. The van der Waals surface area contributed by atoms with Crippen LogP contribution in [-0.4, -0.2) is 30.1 Å². The molecule has 0 aliphatic carbocycles. The van der Waals surface area contributed by atoms with Crippen LogP contribution in [0.1, 0.15) is 18.3 Å². The summed E-state index contributed by atoms with van der Waals surface area (Å²) in [5.74, 6) is 0. The molecule has 0 bridgehead atoms. The first-order valence-electron chi connectivity index (χ1n) is 5.24. The van der Waals surface area contributed by atoms with Crippen LogP contribution in [0.3, 0.4) is 0 Å². The van der Waals surface area contributed by atoms with E-state index in [1.807, 2.05) is 11.7 Å². The Morgan fingerprint density at radius 3 is 2.75 bits per heavy atom. The molecule has 5 nitrogen and oxygen atoms in total.